The van der Waals surface area contributed by atoms with Gasteiger partial charge < -0.3 is 19.9 Å². The van der Waals surface area contributed by atoms with Crippen LogP contribution in [0.5, 0.6) is 0 Å². The molecule has 2 N–H and O–H groups in total. The van der Waals surface area contributed by atoms with E-state index in [0.717, 1.165) is 18.1 Å². The Bertz CT molecular complexity index is 726. The highest BCUT2D eigenvalue weighted by molar-refractivity contribution is 7.13. The third kappa shape index (κ3) is 5.55. The van der Waals surface area contributed by atoms with Crippen LogP contribution in [0.3, 0.4) is 0 Å². The molecule has 1 unspecified atom stereocenters. The van der Waals surface area contributed by atoms with Crippen molar-refractivity contribution in [3.63, 3.8) is 0 Å². The maximum absolute atomic E-state index is 12.0. The van der Waals surface area contributed by atoms with Gasteiger partial charge in [-0.1, -0.05) is 0 Å². The van der Waals surface area contributed by atoms with Gasteiger partial charge in [-0.15, -0.1) is 11.3 Å². The van der Waals surface area contributed by atoms with E-state index in [1.165, 1.54) is 11.3 Å². The Morgan fingerprint density at radius 3 is 2.92 bits per heavy atom. The topological polar surface area (TPSA) is 93.4 Å². The van der Waals surface area contributed by atoms with Gasteiger partial charge in [0, 0.05) is 25.5 Å². The Labute approximate surface area is 157 Å². The lowest BCUT2D eigenvalue weighted by molar-refractivity contribution is 0.0531. The number of imidazole rings is 1. The Balaban J connectivity index is 2.01. The fourth-order valence-corrected chi connectivity index (χ4v) is 3.23. The first-order chi connectivity index (χ1) is 12.5. The first-order valence-corrected chi connectivity index (χ1v) is 9.51. The van der Waals surface area contributed by atoms with Gasteiger partial charge in [0.05, 0.1) is 31.2 Å². The minimum atomic E-state index is -0.318. The molecule has 0 fully saturated rings. The predicted molar refractivity (Wildman–Crippen MR) is 103 cm³/mol. The molecule has 8 nitrogen and oxygen atoms in total. The molecule has 0 aliphatic rings. The van der Waals surface area contributed by atoms with E-state index in [1.807, 2.05) is 31.5 Å². The van der Waals surface area contributed by atoms with Crippen molar-refractivity contribution in [3.05, 3.63) is 34.3 Å². The zero-order valence-electron chi connectivity index (χ0n) is 15.7. The SMILES string of the molecule is CCNC(=NCCn1ccnc1)NC(C)c1nc(C)c(C(=O)OCC)s1. The first kappa shape index (κ1) is 19.9. The van der Waals surface area contributed by atoms with E-state index >= 15 is 0 Å². The lowest BCUT2D eigenvalue weighted by Crippen LogP contribution is -2.39. The summed E-state index contributed by atoms with van der Waals surface area (Å²) in [6.07, 6.45) is 5.43. The zero-order chi connectivity index (χ0) is 18.9. The molecule has 9 heteroatoms. The van der Waals surface area contributed by atoms with Crippen molar-refractivity contribution in [1.29, 1.82) is 0 Å². The standard InChI is InChI=1S/C17H26N6O2S/c1-5-19-17(20-8-10-23-9-7-18-11-23)22-13(4)15-21-12(3)14(26-15)16(24)25-6-2/h7,9,11,13H,5-6,8,10H2,1-4H3,(H2,19,20,22). The molecule has 0 radical (unpaired) electrons. The quantitative estimate of drug-likeness (QED) is 0.415. The van der Waals surface area contributed by atoms with Crippen LogP contribution in [0.1, 0.15) is 47.2 Å². The van der Waals surface area contributed by atoms with Crippen molar-refractivity contribution < 1.29 is 9.53 Å². The minimum absolute atomic E-state index is 0.0760. The Morgan fingerprint density at radius 1 is 1.46 bits per heavy atom. The average Bonchev–Trinajstić information content (AvgIpc) is 3.25. The van der Waals surface area contributed by atoms with Crippen molar-refractivity contribution >= 4 is 23.3 Å². The van der Waals surface area contributed by atoms with Crippen molar-refractivity contribution in [2.75, 3.05) is 19.7 Å². The fraction of sp³-hybridized carbons (Fsp3) is 0.529. The van der Waals surface area contributed by atoms with Crippen molar-refractivity contribution in [1.82, 2.24) is 25.2 Å². The van der Waals surface area contributed by atoms with Gasteiger partial charge in [0.1, 0.15) is 9.88 Å². The Morgan fingerprint density at radius 2 is 2.27 bits per heavy atom. The van der Waals surface area contributed by atoms with Crippen LogP contribution in [0, 0.1) is 6.92 Å². The highest BCUT2D eigenvalue weighted by Crippen LogP contribution is 2.24. The van der Waals surface area contributed by atoms with E-state index in [1.54, 1.807) is 19.4 Å². The third-order valence-electron chi connectivity index (χ3n) is 3.53. The second-order valence-corrected chi connectivity index (χ2v) is 6.64. The number of ether oxygens (including phenoxy) is 1. The molecule has 2 rings (SSSR count). The number of thiazole rings is 1. The molecular formula is C17H26N6O2S. The molecule has 2 aromatic heterocycles. The van der Waals surface area contributed by atoms with E-state index in [4.69, 9.17) is 4.74 Å². The molecule has 0 saturated carbocycles. The molecule has 0 aliphatic heterocycles. The number of guanidine groups is 1. The molecule has 1 atom stereocenters. The summed E-state index contributed by atoms with van der Waals surface area (Å²) >= 11 is 1.35. The van der Waals surface area contributed by atoms with Crippen LogP contribution in [0.25, 0.3) is 0 Å². The summed E-state index contributed by atoms with van der Waals surface area (Å²) in [4.78, 5) is 25.6. The van der Waals surface area contributed by atoms with Crippen molar-refractivity contribution in [2.24, 2.45) is 4.99 Å². The lowest BCUT2D eigenvalue weighted by atomic mass is 10.3. The first-order valence-electron chi connectivity index (χ1n) is 8.70. The minimum Gasteiger partial charge on any atom is -0.462 e. The zero-order valence-corrected chi connectivity index (χ0v) is 16.5. The molecule has 0 aliphatic carbocycles. The number of esters is 1. The maximum Gasteiger partial charge on any atom is 0.350 e. The number of nitrogens with zero attached hydrogens (tertiary/aromatic N) is 4. The summed E-state index contributed by atoms with van der Waals surface area (Å²) in [5.41, 5.74) is 0.694. The van der Waals surface area contributed by atoms with Crippen LogP contribution in [0.2, 0.25) is 0 Å². The van der Waals surface area contributed by atoms with Gasteiger partial charge >= 0.3 is 5.97 Å². The molecule has 2 aromatic rings. The molecule has 0 bridgehead atoms. The van der Waals surface area contributed by atoms with Crippen molar-refractivity contribution in [3.8, 4) is 0 Å². The van der Waals surface area contributed by atoms with Crippen LogP contribution >= 0.6 is 11.3 Å². The van der Waals surface area contributed by atoms with Gasteiger partial charge in [0.15, 0.2) is 5.96 Å². The van der Waals surface area contributed by atoms with E-state index in [9.17, 15) is 4.79 Å². The van der Waals surface area contributed by atoms with Crippen LogP contribution in [0.4, 0.5) is 0 Å². The maximum atomic E-state index is 12.0. The second-order valence-electron chi connectivity index (χ2n) is 5.61. The number of carbonyl (C=O) groups excluding carboxylic acids is 1. The molecular weight excluding hydrogens is 352 g/mol. The number of carbonyl (C=O) groups is 1. The normalized spacial score (nSPS) is 12.7. The number of aromatic nitrogens is 3. The lowest BCUT2D eigenvalue weighted by Gasteiger charge is -2.16. The van der Waals surface area contributed by atoms with Gasteiger partial charge in [0.2, 0.25) is 0 Å². The van der Waals surface area contributed by atoms with E-state index in [0.29, 0.717) is 29.7 Å². The summed E-state index contributed by atoms with van der Waals surface area (Å²) < 4.78 is 7.06. The van der Waals surface area contributed by atoms with Gasteiger partial charge in [-0.2, -0.15) is 0 Å². The summed E-state index contributed by atoms with van der Waals surface area (Å²) in [5, 5.41) is 7.39. The van der Waals surface area contributed by atoms with Crippen LogP contribution < -0.4 is 10.6 Å². The predicted octanol–water partition coefficient (Wildman–Crippen LogP) is 2.14. The monoisotopic (exact) mass is 378 g/mol. The number of aliphatic imine (C=N–C) groups is 1. The molecule has 26 heavy (non-hydrogen) atoms. The van der Waals surface area contributed by atoms with Gasteiger partial charge in [-0.25, -0.2) is 14.8 Å². The fourth-order valence-electron chi connectivity index (χ4n) is 2.27. The third-order valence-corrected chi connectivity index (χ3v) is 4.85. The van der Waals surface area contributed by atoms with Gasteiger partial charge in [-0.05, 0) is 27.7 Å². The van der Waals surface area contributed by atoms with Gasteiger partial charge in [-0.3, -0.25) is 4.99 Å². The summed E-state index contributed by atoms with van der Waals surface area (Å²) in [6.45, 7) is 10.1. The second kappa shape index (κ2) is 9.91. The largest absolute Gasteiger partial charge is 0.462 e. The van der Waals surface area contributed by atoms with Crippen LogP contribution in [-0.2, 0) is 11.3 Å². The van der Waals surface area contributed by atoms with E-state index < -0.39 is 0 Å². The molecule has 0 amide bonds. The number of aryl methyl sites for hydroxylation is 1. The summed E-state index contributed by atoms with van der Waals surface area (Å²) in [6, 6.07) is -0.0760. The number of hydrogen-bond acceptors (Lipinski definition) is 6. The van der Waals surface area contributed by atoms with Crippen LogP contribution in [0.15, 0.2) is 23.7 Å². The van der Waals surface area contributed by atoms with E-state index in [-0.39, 0.29) is 12.0 Å². The van der Waals surface area contributed by atoms with Crippen LogP contribution in [-0.4, -0.2) is 46.2 Å². The highest BCUT2D eigenvalue weighted by atomic mass is 32.1. The summed E-state index contributed by atoms with van der Waals surface area (Å²) in [7, 11) is 0. The number of nitrogens with one attached hydrogen (secondary N) is 2. The summed E-state index contributed by atoms with van der Waals surface area (Å²) in [5.74, 6) is 0.396. The van der Waals surface area contributed by atoms with Crippen molar-refractivity contribution in [2.45, 2.75) is 40.3 Å². The molecule has 0 aromatic carbocycles. The Kier molecular flexibility index (Phi) is 7.58. The highest BCUT2D eigenvalue weighted by Gasteiger charge is 2.20. The average molecular weight is 379 g/mol. The molecule has 0 spiro atoms. The molecule has 0 saturated heterocycles. The van der Waals surface area contributed by atoms with Gasteiger partial charge in [0.25, 0.3) is 0 Å². The molecule has 2 heterocycles. The Hall–Kier alpha value is -2.42. The number of rotatable bonds is 8. The number of hydrogen-bond donors (Lipinski definition) is 2. The molecule has 142 valence electrons. The van der Waals surface area contributed by atoms with E-state index in [2.05, 4.69) is 25.6 Å². The smallest absolute Gasteiger partial charge is 0.350 e.